The van der Waals surface area contributed by atoms with Gasteiger partial charge < -0.3 is 19.7 Å². The van der Waals surface area contributed by atoms with Crippen molar-refractivity contribution in [1.82, 2.24) is 10.2 Å². The monoisotopic (exact) mass is 456 g/mol. The zero-order chi connectivity index (χ0) is 22.3. The number of ether oxygens (including phenoxy) is 2. The average Bonchev–Trinajstić information content (AvgIpc) is 3.25. The summed E-state index contributed by atoms with van der Waals surface area (Å²) in [5.74, 6) is 2.32. The van der Waals surface area contributed by atoms with Crippen molar-refractivity contribution in [3.63, 3.8) is 0 Å². The van der Waals surface area contributed by atoms with Crippen LogP contribution in [0.1, 0.15) is 41.1 Å². The van der Waals surface area contributed by atoms with Gasteiger partial charge in [0.15, 0.2) is 0 Å². The molecule has 1 N–H and O–H groups in total. The van der Waals surface area contributed by atoms with Gasteiger partial charge in [0.25, 0.3) is 5.91 Å². The zero-order valence-electron chi connectivity index (χ0n) is 18.8. The summed E-state index contributed by atoms with van der Waals surface area (Å²) in [5.41, 5.74) is 1.91. The number of halogens is 1. The maximum Gasteiger partial charge on any atom is 0.251 e. The van der Waals surface area contributed by atoms with Crippen molar-refractivity contribution < 1.29 is 14.3 Å². The summed E-state index contributed by atoms with van der Waals surface area (Å²) in [6.07, 6.45) is 3.57. The Balaban J connectivity index is 1.40. The molecule has 0 saturated carbocycles. The van der Waals surface area contributed by atoms with Crippen LogP contribution in [0.4, 0.5) is 0 Å². The molecule has 0 spiro atoms. The van der Waals surface area contributed by atoms with Crippen LogP contribution in [0.2, 0.25) is 5.02 Å². The number of rotatable bonds is 8. The molecule has 0 unspecified atom stereocenters. The second kappa shape index (κ2) is 11.2. The highest BCUT2D eigenvalue weighted by molar-refractivity contribution is 6.30. The first kappa shape index (κ1) is 23.1. The lowest BCUT2D eigenvalue weighted by Crippen LogP contribution is -2.32. The minimum atomic E-state index is -0.0679. The van der Waals surface area contributed by atoms with Crippen LogP contribution in [-0.2, 0) is 4.74 Å². The van der Waals surface area contributed by atoms with E-state index < -0.39 is 0 Å². The van der Waals surface area contributed by atoms with Crippen molar-refractivity contribution in [2.75, 3.05) is 46.5 Å². The van der Waals surface area contributed by atoms with Crippen molar-refractivity contribution in [1.29, 1.82) is 0 Å². The summed E-state index contributed by atoms with van der Waals surface area (Å²) in [4.78, 5) is 15.3. The molecule has 172 valence electrons. The molecule has 2 saturated heterocycles. The molecule has 1 amide bonds. The second-order valence-corrected chi connectivity index (χ2v) is 9.40. The summed E-state index contributed by atoms with van der Waals surface area (Å²) in [6, 6.07) is 15.5. The Hall–Kier alpha value is -2.08. The number of carbonyl (C=O) groups is 1. The van der Waals surface area contributed by atoms with Crippen LogP contribution < -0.4 is 10.1 Å². The van der Waals surface area contributed by atoms with E-state index in [0.29, 0.717) is 29.0 Å². The summed E-state index contributed by atoms with van der Waals surface area (Å²) >= 11 is 6.06. The number of hydrogen-bond acceptors (Lipinski definition) is 4. The molecule has 2 aromatic rings. The summed E-state index contributed by atoms with van der Waals surface area (Å²) in [7, 11) is 1.69. The van der Waals surface area contributed by atoms with E-state index in [0.717, 1.165) is 44.5 Å². The Bertz CT molecular complexity index is 883. The molecular weight excluding hydrogens is 424 g/mol. The summed E-state index contributed by atoms with van der Waals surface area (Å²) in [5, 5.41) is 3.73. The number of hydrogen-bond donors (Lipinski definition) is 1. The van der Waals surface area contributed by atoms with Crippen LogP contribution in [0.25, 0.3) is 0 Å². The number of benzene rings is 2. The highest BCUT2D eigenvalue weighted by Crippen LogP contribution is 2.34. The highest BCUT2D eigenvalue weighted by Gasteiger charge is 2.34. The normalized spacial score (nSPS) is 22.1. The second-order valence-electron chi connectivity index (χ2n) is 8.96. The number of nitrogens with zero attached hydrogens (tertiary/aromatic N) is 1. The van der Waals surface area contributed by atoms with Crippen LogP contribution in [0, 0.1) is 11.8 Å². The Labute approximate surface area is 196 Å². The fourth-order valence-electron chi connectivity index (χ4n) is 4.93. The van der Waals surface area contributed by atoms with Gasteiger partial charge in [0, 0.05) is 49.4 Å². The van der Waals surface area contributed by atoms with Crippen LogP contribution >= 0.6 is 11.6 Å². The van der Waals surface area contributed by atoms with Crippen molar-refractivity contribution in [2.45, 2.75) is 25.2 Å². The Morgan fingerprint density at radius 3 is 2.66 bits per heavy atom. The van der Waals surface area contributed by atoms with Gasteiger partial charge in [-0.3, -0.25) is 4.79 Å². The first-order valence-corrected chi connectivity index (χ1v) is 12.0. The van der Waals surface area contributed by atoms with Gasteiger partial charge in [-0.1, -0.05) is 29.8 Å². The molecule has 0 aliphatic carbocycles. The zero-order valence-corrected chi connectivity index (χ0v) is 19.5. The maximum absolute atomic E-state index is 12.7. The van der Waals surface area contributed by atoms with E-state index in [1.807, 2.05) is 18.2 Å². The first-order chi connectivity index (χ1) is 15.6. The van der Waals surface area contributed by atoms with E-state index in [-0.39, 0.29) is 5.91 Å². The lowest BCUT2D eigenvalue weighted by Gasteiger charge is -2.24. The lowest BCUT2D eigenvalue weighted by atomic mass is 9.89. The Kier molecular flexibility index (Phi) is 8.06. The van der Waals surface area contributed by atoms with Crippen molar-refractivity contribution >= 4 is 17.5 Å². The van der Waals surface area contributed by atoms with Gasteiger partial charge in [-0.15, -0.1) is 0 Å². The molecule has 2 aliphatic rings. The molecule has 5 nitrogen and oxygen atoms in total. The van der Waals surface area contributed by atoms with Crippen LogP contribution in [0.3, 0.4) is 0 Å². The van der Waals surface area contributed by atoms with Gasteiger partial charge in [-0.05, 0) is 73.5 Å². The number of methoxy groups -OCH3 is 1. The Morgan fingerprint density at radius 2 is 1.94 bits per heavy atom. The molecular formula is C26H33ClN2O3. The van der Waals surface area contributed by atoms with E-state index in [9.17, 15) is 4.79 Å². The third kappa shape index (κ3) is 6.03. The fourth-order valence-corrected chi connectivity index (χ4v) is 5.12. The molecule has 4 rings (SSSR count). The van der Waals surface area contributed by atoms with Crippen molar-refractivity contribution in [2.24, 2.45) is 11.8 Å². The smallest absolute Gasteiger partial charge is 0.251 e. The molecule has 2 aliphatic heterocycles. The standard InChI is InChI=1S/C26H33ClN2O3/c1-31-24-7-5-20(6-8-24)25-18-29(12-9-19-10-13-32-14-11-19)17-22(25)16-28-26(30)21-3-2-4-23(27)15-21/h2-8,15,19,22,25H,9-14,16-18H2,1H3,(H,28,30)/t22-,25+/m0/s1. The summed E-state index contributed by atoms with van der Waals surface area (Å²) < 4.78 is 10.8. The molecule has 0 bridgehead atoms. The van der Waals surface area contributed by atoms with E-state index >= 15 is 0 Å². The van der Waals surface area contributed by atoms with E-state index in [1.165, 1.54) is 24.8 Å². The first-order valence-electron chi connectivity index (χ1n) is 11.6. The molecule has 2 heterocycles. The predicted octanol–water partition coefficient (Wildman–Crippen LogP) is 4.61. The van der Waals surface area contributed by atoms with Gasteiger partial charge >= 0.3 is 0 Å². The molecule has 32 heavy (non-hydrogen) atoms. The van der Waals surface area contributed by atoms with Gasteiger partial charge in [0.1, 0.15) is 5.75 Å². The molecule has 6 heteroatoms. The maximum atomic E-state index is 12.7. The number of carbonyl (C=O) groups excluding carboxylic acids is 1. The number of nitrogens with one attached hydrogen (secondary N) is 1. The van der Waals surface area contributed by atoms with Gasteiger partial charge in [0.05, 0.1) is 7.11 Å². The SMILES string of the molecule is COc1ccc([C@H]2CN(CCC3CCOCC3)C[C@@H]2CNC(=O)c2cccc(Cl)c2)cc1. The van der Waals surface area contributed by atoms with Gasteiger partial charge in [0.2, 0.25) is 0 Å². The largest absolute Gasteiger partial charge is 0.497 e. The fraction of sp³-hybridized carbons (Fsp3) is 0.500. The lowest BCUT2D eigenvalue weighted by molar-refractivity contribution is 0.0608. The van der Waals surface area contributed by atoms with Crippen molar-refractivity contribution in [3.05, 3.63) is 64.7 Å². The molecule has 2 atom stereocenters. The molecule has 2 fully saturated rings. The summed E-state index contributed by atoms with van der Waals surface area (Å²) in [6.45, 7) is 5.57. The number of amides is 1. The topological polar surface area (TPSA) is 50.8 Å². The molecule has 0 radical (unpaired) electrons. The number of likely N-dealkylation sites (tertiary alicyclic amines) is 1. The molecule has 2 aromatic carbocycles. The van der Waals surface area contributed by atoms with Crippen LogP contribution in [-0.4, -0.2) is 57.3 Å². The third-order valence-electron chi connectivity index (χ3n) is 6.87. The quantitative estimate of drug-likeness (QED) is 0.630. The van der Waals surface area contributed by atoms with E-state index in [1.54, 1.807) is 25.3 Å². The van der Waals surface area contributed by atoms with Crippen LogP contribution in [0.15, 0.2) is 48.5 Å². The predicted molar refractivity (Wildman–Crippen MR) is 128 cm³/mol. The van der Waals surface area contributed by atoms with Crippen molar-refractivity contribution in [3.8, 4) is 5.75 Å². The van der Waals surface area contributed by atoms with E-state index in [4.69, 9.17) is 21.1 Å². The average molecular weight is 457 g/mol. The minimum Gasteiger partial charge on any atom is -0.497 e. The van der Waals surface area contributed by atoms with Gasteiger partial charge in [-0.25, -0.2) is 0 Å². The van der Waals surface area contributed by atoms with Gasteiger partial charge in [-0.2, -0.15) is 0 Å². The third-order valence-corrected chi connectivity index (χ3v) is 7.10. The van der Waals surface area contributed by atoms with Crippen LogP contribution in [0.5, 0.6) is 5.75 Å². The molecule has 0 aromatic heterocycles. The minimum absolute atomic E-state index is 0.0679. The highest BCUT2D eigenvalue weighted by atomic mass is 35.5. The Morgan fingerprint density at radius 1 is 1.16 bits per heavy atom. The van der Waals surface area contributed by atoms with E-state index in [2.05, 4.69) is 22.3 Å².